The highest BCUT2D eigenvalue weighted by atomic mass is 32.2. The highest BCUT2D eigenvalue weighted by Crippen LogP contribution is 2.33. The van der Waals surface area contributed by atoms with E-state index >= 15 is 0 Å². The van der Waals surface area contributed by atoms with Crippen molar-refractivity contribution in [1.29, 1.82) is 0 Å². The fourth-order valence-corrected chi connectivity index (χ4v) is 4.21. The number of aliphatic carboxylic acids is 1. The molecule has 0 unspecified atom stereocenters. The number of unbranched alkanes of at least 4 members (excludes halogenated alkanes) is 1. The van der Waals surface area contributed by atoms with Crippen LogP contribution in [0.25, 0.3) is 0 Å². The Hall–Kier alpha value is -1.44. The molecule has 2 fully saturated rings. The highest BCUT2D eigenvalue weighted by Gasteiger charge is 2.42. The Balaban J connectivity index is 1.55. The van der Waals surface area contributed by atoms with E-state index in [1.807, 2.05) is 11.8 Å². The second-order valence-corrected chi connectivity index (χ2v) is 6.63. The van der Waals surface area contributed by atoms with Crippen LogP contribution in [0.3, 0.4) is 0 Å². The van der Waals surface area contributed by atoms with Crippen LogP contribution in [0, 0.1) is 0 Å². The molecule has 3 amide bonds. The first-order valence-corrected chi connectivity index (χ1v) is 8.28. The first-order chi connectivity index (χ1) is 10.1. The number of carboxylic acid groups (broad SMARTS) is 1. The zero-order chi connectivity index (χ0) is 15.2. The van der Waals surface area contributed by atoms with Crippen LogP contribution in [0.1, 0.15) is 32.1 Å². The quantitative estimate of drug-likeness (QED) is 0.381. The number of rotatable bonds is 8. The van der Waals surface area contributed by atoms with Crippen molar-refractivity contribution < 1.29 is 19.5 Å². The third kappa shape index (κ3) is 4.80. The van der Waals surface area contributed by atoms with Gasteiger partial charge in [-0.3, -0.25) is 9.59 Å². The Labute approximate surface area is 127 Å². The lowest BCUT2D eigenvalue weighted by molar-refractivity contribution is -0.136. The Morgan fingerprint density at radius 1 is 1.29 bits per heavy atom. The van der Waals surface area contributed by atoms with Gasteiger partial charge in [0.15, 0.2) is 0 Å². The molecular weight excluding hydrogens is 294 g/mol. The molecule has 2 aliphatic rings. The second kappa shape index (κ2) is 7.53. The molecule has 0 aromatic carbocycles. The number of amides is 3. The van der Waals surface area contributed by atoms with E-state index in [1.165, 1.54) is 0 Å². The number of hydrogen-bond acceptors (Lipinski definition) is 4. The number of nitrogens with one attached hydrogen (secondary N) is 3. The summed E-state index contributed by atoms with van der Waals surface area (Å²) in [5.41, 5.74) is 0. The van der Waals surface area contributed by atoms with Crippen molar-refractivity contribution in [3.05, 3.63) is 0 Å². The fourth-order valence-electron chi connectivity index (χ4n) is 2.67. The number of urea groups is 1. The molecule has 2 rings (SSSR count). The lowest BCUT2D eigenvalue weighted by atomic mass is 10.0. The van der Waals surface area contributed by atoms with Gasteiger partial charge in [0.05, 0.1) is 18.5 Å². The van der Waals surface area contributed by atoms with Gasteiger partial charge in [-0.15, -0.1) is 0 Å². The number of hydrogen-bond donors (Lipinski definition) is 4. The van der Waals surface area contributed by atoms with Crippen molar-refractivity contribution in [3.63, 3.8) is 0 Å². The number of carboxylic acids is 1. The Morgan fingerprint density at radius 3 is 2.86 bits per heavy atom. The van der Waals surface area contributed by atoms with Crippen LogP contribution in [0.4, 0.5) is 4.79 Å². The summed E-state index contributed by atoms with van der Waals surface area (Å²) in [6, 6.07) is 0.381. The average molecular weight is 315 g/mol. The van der Waals surface area contributed by atoms with E-state index in [1.54, 1.807) is 0 Å². The molecule has 0 saturated carbocycles. The largest absolute Gasteiger partial charge is 0.481 e. The molecular formula is C13H21N3O4S. The lowest BCUT2D eigenvalue weighted by Gasteiger charge is -2.16. The molecule has 0 aromatic heterocycles. The van der Waals surface area contributed by atoms with Gasteiger partial charge in [0.25, 0.3) is 0 Å². The minimum absolute atomic E-state index is 0.0414. The van der Waals surface area contributed by atoms with Crippen molar-refractivity contribution in [3.8, 4) is 0 Å². The smallest absolute Gasteiger partial charge is 0.315 e. The van der Waals surface area contributed by atoms with Gasteiger partial charge < -0.3 is 21.1 Å². The summed E-state index contributed by atoms with van der Waals surface area (Å²) in [5, 5.41) is 17.3. The van der Waals surface area contributed by atoms with Crippen LogP contribution in [0.5, 0.6) is 0 Å². The molecule has 0 aliphatic carbocycles. The Bertz CT molecular complexity index is 418. The van der Waals surface area contributed by atoms with Gasteiger partial charge in [0, 0.05) is 24.0 Å². The third-order valence-corrected chi connectivity index (χ3v) is 5.25. The lowest BCUT2D eigenvalue weighted by Crippen LogP contribution is -2.36. The van der Waals surface area contributed by atoms with E-state index in [0.29, 0.717) is 11.7 Å². The zero-order valence-corrected chi connectivity index (χ0v) is 12.6. The summed E-state index contributed by atoms with van der Waals surface area (Å²) in [6.45, 7) is 0.189. The molecule has 2 heterocycles. The first-order valence-electron chi connectivity index (χ1n) is 7.23. The zero-order valence-electron chi connectivity index (χ0n) is 11.8. The Morgan fingerprint density at radius 2 is 2.10 bits per heavy atom. The maximum atomic E-state index is 11.5. The molecule has 2 aliphatic heterocycles. The molecule has 8 heteroatoms. The van der Waals surface area contributed by atoms with Crippen LogP contribution in [0.2, 0.25) is 0 Å². The molecule has 0 spiro atoms. The standard InChI is InChI=1S/C13H21N3O4S/c17-10(14-6-5-11(18)19)4-2-1-3-9-12-8(7-21-9)15-13(20)16-12/h8-9,12H,1-7H2,(H,14,17)(H,18,19)(H2,15,16,20)/t8-,9-,12-/m0/s1. The van der Waals surface area contributed by atoms with Gasteiger partial charge >= 0.3 is 12.0 Å². The molecule has 3 atom stereocenters. The molecule has 118 valence electrons. The van der Waals surface area contributed by atoms with Gasteiger partial charge in [0.1, 0.15) is 0 Å². The number of carbonyl (C=O) groups excluding carboxylic acids is 2. The molecule has 0 bridgehead atoms. The van der Waals surface area contributed by atoms with Crippen LogP contribution in [0.15, 0.2) is 0 Å². The van der Waals surface area contributed by atoms with Crippen molar-refractivity contribution >= 4 is 29.7 Å². The Kier molecular flexibility index (Phi) is 5.72. The van der Waals surface area contributed by atoms with Gasteiger partial charge in [-0.1, -0.05) is 6.42 Å². The van der Waals surface area contributed by atoms with Crippen LogP contribution < -0.4 is 16.0 Å². The van der Waals surface area contributed by atoms with Gasteiger partial charge in [-0.2, -0.15) is 11.8 Å². The van der Waals surface area contributed by atoms with Crippen molar-refractivity contribution in [1.82, 2.24) is 16.0 Å². The van der Waals surface area contributed by atoms with E-state index in [9.17, 15) is 14.4 Å². The second-order valence-electron chi connectivity index (χ2n) is 5.36. The average Bonchev–Trinajstić information content (AvgIpc) is 2.94. The summed E-state index contributed by atoms with van der Waals surface area (Å²) < 4.78 is 0. The number of thioether (sulfide) groups is 1. The predicted octanol–water partition coefficient (Wildman–Crippen LogP) is 0.303. The van der Waals surface area contributed by atoms with Crippen LogP contribution in [-0.4, -0.2) is 52.6 Å². The topological polar surface area (TPSA) is 108 Å². The number of fused-ring (bicyclic) bond motifs is 1. The van der Waals surface area contributed by atoms with E-state index in [2.05, 4.69) is 16.0 Å². The monoisotopic (exact) mass is 315 g/mol. The molecule has 0 radical (unpaired) electrons. The summed E-state index contributed by atoms with van der Waals surface area (Å²) in [5.74, 6) is -0.0524. The van der Waals surface area contributed by atoms with Gasteiger partial charge in [-0.25, -0.2) is 4.79 Å². The fraction of sp³-hybridized carbons (Fsp3) is 0.769. The van der Waals surface area contributed by atoms with Crippen LogP contribution >= 0.6 is 11.8 Å². The molecule has 2 saturated heterocycles. The minimum atomic E-state index is -0.907. The molecule has 0 aromatic rings. The maximum absolute atomic E-state index is 11.5. The number of carbonyl (C=O) groups is 3. The van der Waals surface area contributed by atoms with Gasteiger partial charge in [0.2, 0.25) is 5.91 Å². The summed E-state index contributed by atoms with van der Waals surface area (Å²) in [4.78, 5) is 33.0. The van der Waals surface area contributed by atoms with Crippen molar-refractivity contribution in [2.24, 2.45) is 0 Å². The maximum Gasteiger partial charge on any atom is 0.315 e. The van der Waals surface area contributed by atoms with E-state index in [4.69, 9.17) is 5.11 Å². The summed E-state index contributed by atoms with van der Waals surface area (Å²) >= 11 is 1.87. The van der Waals surface area contributed by atoms with E-state index in [0.717, 1.165) is 25.0 Å². The SMILES string of the molecule is O=C(O)CCNC(=O)CCCC[C@@H]1SC[C@@H]2NC(=O)N[C@@H]21. The van der Waals surface area contributed by atoms with Gasteiger partial charge in [-0.05, 0) is 12.8 Å². The van der Waals surface area contributed by atoms with Crippen molar-refractivity contribution in [2.45, 2.75) is 49.4 Å². The summed E-state index contributed by atoms with van der Waals surface area (Å²) in [6.07, 6.45) is 3.09. The molecule has 7 nitrogen and oxygen atoms in total. The van der Waals surface area contributed by atoms with E-state index in [-0.39, 0.29) is 37.0 Å². The summed E-state index contributed by atoms with van der Waals surface area (Å²) in [7, 11) is 0. The predicted molar refractivity (Wildman–Crippen MR) is 79.2 cm³/mol. The third-order valence-electron chi connectivity index (χ3n) is 3.74. The van der Waals surface area contributed by atoms with Crippen molar-refractivity contribution in [2.75, 3.05) is 12.3 Å². The first kappa shape index (κ1) is 15.9. The normalized spacial score (nSPS) is 26.9. The van der Waals surface area contributed by atoms with Crippen LogP contribution in [-0.2, 0) is 9.59 Å². The highest BCUT2D eigenvalue weighted by molar-refractivity contribution is 8.00. The molecule has 4 N–H and O–H groups in total. The minimum Gasteiger partial charge on any atom is -0.481 e. The van der Waals surface area contributed by atoms with E-state index < -0.39 is 5.97 Å². The molecule has 21 heavy (non-hydrogen) atoms.